The van der Waals surface area contributed by atoms with Gasteiger partial charge in [-0.25, -0.2) is 0 Å². The molecule has 0 amide bonds. The highest BCUT2D eigenvalue weighted by Gasteiger charge is 2.19. The van der Waals surface area contributed by atoms with Gasteiger partial charge in [0.1, 0.15) is 13.2 Å². The zero-order valence-electron chi connectivity index (χ0n) is 47.5. The Morgan fingerprint density at radius 3 is 0.859 bits per heavy atom. The van der Waals surface area contributed by atoms with Gasteiger partial charge in [0.15, 0.2) is 6.10 Å². The second kappa shape index (κ2) is 59.9. The number of hydrogen-bond donors (Lipinski definition) is 0. The summed E-state index contributed by atoms with van der Waals surface area (Å²) in [6.45, 7) is 6.53. The smallest absolute Gasteiger partial charge is 0.306 e. The number of allylic oxidation sites excluding steroid dienone is 8. The molecule has 0 aromatic rings. The maximum atomic E-state index is 12.8. The summed E-state index contributed by atoms with van der Waals surface area (Å²) in [5, 5.41) is 0. The van der Waals surface area contributed by atoms with Gasteiger partial charge in [-0.15, -0.1) is 0 Å². The lowest BCUT2D eigenvalue weighted by Crippen LogP contribution is -2.30. The van der Waals surface area contributed by atoms with Crippen molar-refractivity contribution in [3.8, 4) is 0 Å². The molecule has 0 heterocycles. The summed E-state index contributed by atoms with van der Waals surface area (Å²) in [5.41, 5.74) is 0. The van der Waals surface area contributed by atoms with E-state index in [0.29, 0.717) is 19.3 Å². The molecule has 0 N–H and O–H groups in total. The Labute approximate surface area is 441 Å². The number of ether oxygens (including phenoxy) is 3. The van der Waals surface area contributed by atoms with Crippen LogP contribution in [0.5, 0.6) is 0 Å². The van der Waals surface area contributed by atoms with Gasteiger partial charge in [-0.05, 0) is 57.8 Å². The maximum absolute atomic E-state index is 12.8. The molecular weight excluding hydrogens is 877 g/mol. The van der Waals surface area contributed by atoms with E-state index >= 15 is 0 Å². The molecule has 0 aromatic carbocycles. The fourth-order valence-corrected chi connectivity index (χ4v) is 9.20. The molecule has 0 saturated carbocycles. The molecule has 414 valence electrons. The van der Waals surface area contributed by atoms with E-state index in [2.05, 4.69) is 69.4 Å². The first-order valence-corrected chi connectivity index (χ1v) is 31.1. The third kappa shape index (κ3) is 58.1. The number of rotatable bonds is 57. The van der Waals surface area contributed by atoms with Gasteiger partial charge >= 0.3 is 17.9 Å². The highest BCUT2D eigenvalue weighted by molar-refractivity contribution is 5.71. The Morgan fingerprint density at radius 2 is 0.549 bits per heavy atom. The first kappa shape index (κ1) is 68.4. The van der Waals surface area contributed by atoms with Crippen molar-refractivity contribution in [1.29, 1.82) is 0 Å². The van der Waals surface area contributed by atoms with E-state index in [0.717, 1.165) is 89.9 Å². The molecule has 6 heteroatoms. The molecule has 6 nitrogen and oxygen atoms in total. The second-order valence-electron chi connectivity index (χ2n) is 21.0. The minimum absolute atomic E-state index is 0.0724. The molecule has 0 bridgehead atoms. The van der Waals surface area contributed by atoms with E-state index < -0.39 is 6.10 Å². The molecule has 0 saturated heterocycles. The molecule has 0 spiro atoms. The molecule has 0 rings (SSSR count). The van der Waals surface area contributed by atoms with E-state index in [1.165, 1.54) is 199 Å². The fraction of sp³-hybridized carbons (Fsp3) is 0.831. The van der Waals surface area contributed by atoms with Crippen molar-refractivity contribution in [3.05, 3.63) is 48.6 Å². The van der Waals surface area contributed by atoms with Gasteiger partial charge in [0, 0.05) is 19.3 Å². The Bertz CT molecular complexity index is 1230. The Hall–Kier alpha value is -2.63. The summed E-state index contributed by atoms with van der Waals surface area (Å²) in [7, 11) is 0. The molecule has 0 radical (unpaired) electrons. The van der Waals surface area contributed by atoms with Crippen LogP contribution in [-0.4, -0.2) is 37.2 Å². The van der Waals surface area contributed by atoms with Crippen molar-refractivity contribution in [3.63, 3.8) is 0 Å². The van der Waals surface area contributed by atoms with Crippen molar-refractivity contribution < 1.29 is 28.6 Å². The van der Waals surface area contributed by atoms with Crippen molar-refractivity contribution in [1.82, 2.24) is 0 Å². The lowest BCUT2D eigenvalue weighted by atomic mass is 10.0. The topological polar surface area (TPSA) is 78.9 Å². The van der Waals surface area contributed by atoms with Crippen LogP contribution in [0.15, 0.2) is 48.6 Å². The van der Waals surface area contributed by atoms with Gasteiger partial charge in [0.2, 0.25) is 0 Å². The maximum Gasteiger partial charge on any atom is 0.306 e. The first-order chi connectivity index (χ1) is 35.0. The van der Waals surface area contributed by atoms with Gasteiger partial charge in [0.05, 0.1) is 0 Å². The number of carbonyl (C=O) groups is 3. The van der Waals surface area contributed by atoms with E-state index in [9.17, 15) is 14.4 Å². The number of esters is 3. The number of hydrogen-bond acceptors (Lipinski definition) is 6. The average Bonchev–Trinajstić information content (AvgIpc) is 3.37. The summed E-state index contributed by atoms with van der Waals surface area (Å²) >= 11 is 0. The van der Waals surface area contributed by atoms with Crippen molar-refractivity contribution >= 4 is 17.9 Å². The summed E-state index contributed by atoms with van der Waals surface area (Å²) in [6, 6.07) is 0. The van der Waals surface area contributed by atoms with Crippen LogP contribution in [0.25, 0.3) is 0 Å². The van der Waals surface area contributed by atoms with Crippen LogP contribution in [0.3, 0.4) is 0 Å². The Balaban J connectivity index is 4.11. The van der Waals surface area contributed by atoms with Crippen LogP contribution in [-0.2, 0) is 28.6 Å². The quantitative estimate of drug-likeness (QED) is 0.0261. The van der Waals surface area contributed by atoms with Crippen molar-refractivity contribution in [2.24, 2.45) is 0 Å². The van der Waals surface area contributed by atoms with Crippen LogP contribution in [0.1, 0.15) is 329 Å². The van der Waals surface area contributed by atoms with Crippen LogP contribution in [0.4, 0.5) is 0 Å². The number of carbonyl (C=O) groups excluding carboxylic acids is 3. The molecule has 0 aromatic heterocycles. The fourth-order valence-electron chi connectivity index (χ4n) is 9.20. The van der Waals surface area contributed by atoms with Crippen molar-refractivity contribution in [2.75, 3.05) is 13.2 Å². The second-order valence-corrected chi connectivity index (χ2v) is 21.0. The summed E-state index contributed by atoms with van der Waals surface area (Å²) < 4.78 is 16.8. The molecule has 1 atom stereocenters. The molecule has 0 aliphatic rings. The highest BCUT2D eigenvalue weighted by atomic mass is 16.6. The van der Waals surface area contributed by atoms with E-state index in [1.807, 2.05) is 0 Å². The minimum Gasteiger partial charge on any atom is -0.462 e. The zero-order chi connectivity index (χ0) is 51.4. The van der Waals surface area contributed by atoms with Crippen LogP contribution in [0.2, 0.25) is 0 Å². The molecule has 0 aliphatic heterocycles. The van der Waals surface area contributed by atoms with Crippen molar-refractivity contribution in [2.45, 2.75) is 335 Å². The average molecular weight is 996 g/mol. The van der Waals surface area contributed by atoms with Gasteiger partial charge < -0.3 is 14.2 Å². The van der Waals surface area contributed by atoms with Gasteiger partial charge in [-0.2, -0.15) is 0 Å². The predicted molar refractivity (Wildman–Crippen MR) is 307 cm³/mol. The molecule has 1 unspecified atom stereocenters. The van der Waals surface area contributed by atoms with E-state index in [4.69, 9.17) is 14.2 Å². The lowest BCUT2D eigenvalue weighted by Gasteiger charge is -2.18. The predicted octanol–water partition coefficient (Wildman–Crippen LogP) is 21.0. The SMILES string of the molecule is CC/C=C\C/C=C\C/C=C\C/C=C\CCCCCCCCCCC(=O)OC(COC(=O)CCCCCCCCC)COC(=O)CCCCCCCCCCCCCCCCCCCCCCCCCCC. The normalized spacial score (nSPS) is 12.3. The first-order valence-electron chi connectivity index (χ1n) is 31.1. The standard InChI is InChI=1S/C65H118O6/c1-4-7-10-13-16-18-20-22-24-26-28-30-31-32-33-35-36-38-40-42-44-46-49-52-55-58-64(67)70-61-62(60-69-63(66)57-54-51-48-15-12-9-6-3)71-65(68)59-56-53-50-47-45-43-41-39-37-34-29-27-25-23-21-19-17-14-11-8-5-2/h8,11,17,19,23,25,29,34,62H,4-7,9-10,12-16,18,20-22,24,26-28,30-33,35-61H2,1-3H3/b11-8-,19-17-,25-23-,34-29-. The molecule has 0 aliphatic carbocycles. The van der Waals surface area contributed by atoms with E-state index in [1.54, 1.807) is 0 Å². The summed E-state index contributed by atoms with van der Waals surface area (Å²) in [5.74, 6) is -0.870. The summed E-state index contributed by atoms with van der Waals surface area (Å²) in [4.78, 5) is 38.0. The molecular formula is C65H118O6. The zero-order valence-corrected chi connectivity index (χ0v) is 47.5. The van der Waals surface area contributed by atoms with Crippen LogP contribution < -0.4 is 0 Å². The van der Waals surface area contributed by atoms with Gasteiger partial charge in [-0.1, -0.05) is 301 Å². The molecule has 71 heavy (non-hydrogen) atoms. The largest absolute Gasteiger partial charge is 0.462 e. The minimum atomic E-state index is -0.773. The molecule has 0 fully saturated rings. The van der Waals surface area contributed by atoms with E-state index in [-0.39, 0.29) is 31.1 Å². The third-order valence-corrected chi connectivity index (χ3v) is 13.8. The van der Waals surface area contributed by atoms with Crippen LogP contribution >= 0.6 is 0 Å². The van der Waals surface area contributed by atoms with Gasteiger partial charge in [-0.3, -0.25) is 14.4 Å². The summed E-state index contributed by atoms with van der Waals surface area (Å²) in [6.07, 6.45) is 74.3. The Morgan fingerprint density at radius 1 is 0.296 bits per heavy atom. The highest BCUT2D eigenvalue weighted by Crippen LogP contribution is 2.18. The third-order valence-electron chi connectivity index (χ3n) is 13.8. The lowest BCUT2D eigenvalue weighted by molar-refractivity contribution is -0.167. The monoisotopic (exact) mass is 995 g/mol. The van der Waals surface area contributed by atoms with Crippen LogP contribution in [0, 0.1) is 0 Å². The Kier molecular flexibility index (Phi) is 57.7. The number of unbranched alkanes of at least 4 members (excludes halogenated alkanes) is 38. The van der Waals surface area contributed by atoms with Gasteiger partial charge in [0.25, 0.3) is 0 Å².